The molecule has 2 fully saturated rings. The van der Waals surface area contributed by atoms with Gasteiger partial charge in [0, 0.05) is 37.8 Å². The predicted molar refractivity (Wildman–Crippen MR) is 158 cm³/mol. The summed E-state index contributed by atoms with van der Waals surface area (Å²) in [6.45, 7) is 0.321. The number of carboxylic acids is 1. The summed E-state index contributed by atoms with van der Waals surface area (Å²) in [6, 6.07) is 10.7. The van der Waals surface area contributed by atoms with Crippen molar-refractivity contribution >= 4 is 51.6 Å². The first-order valence-electron chi connectivity index (χ1n) is 13.0. The molecular weight excluding hydrogens is 569 g/mol. The van der Waals surface area contributed by atoms with E-state index in [1.54, 1.807) is 29.0 Å². The lowest BCUT2D eigenvalue weighted by Gasteiger charge is -2.31. The number of hydrogen-bond acceptors (Lipinski definition) is 8. The van der Waals surface area contributed by atoms with Gasteiger partial charge < -0.3 is 28.9 Å². The zero-order chi connectivity index (χ0) is 29.0. The number of ether oxygens (including phenoxy) is 2. The van der Waals surface area contributed by atoms with Crippen molar-refractivity contribution in [1.82, 2.24) is 14.5 Å². The lowest BCUT2D eigenvalue weighted by molar-refractivity contribution is 0.0695. The van der Waals surface area contributed by atoms with E-state index >= 15 is 0 Å². The summed E-state index contributed by atoms with van der Waals surface area (Å²) >= 11 is 13.1. The van der Waals surface area contributed by atoms with Gasteiger partial charge in [0.05, 0.1) is 41.3 Å². The summed E-state index contributed by atoms with van der Waals surface area (Å²) in [5, 5.41) is 10.7. The van der Waals surface area contributed by atoms with Crippen LogP contribution in [0.1, 0.15) is 23.2 Å². The van der Waals surface area contributed by atoms with E-state index in [-0.39, 0.29) is 23.0 Å². The van der Waals surface area contributed by atoms with Crippen molar-refractivity contribution in [3.8, 4) is 17.4 Å². The first-order chi connectivity index (χ1) is 19.7. The number of fused-ring (bicyclic) bond motifs is 2. The molecule has 3 aromatic heterocycles. The Morgan fingerprint density at radius 2 is 1.95 bits per heavy atom. The van der Waals surface area contributed by atoms with Gasteiger partial charge in [-0.15, -0.1) is 0 Å². The van der Waals surface area contributed by atoms with E-state index in [1.165, 1.54) is 13.3 Å². The highest BCUT2D eigenvalue weighted by molar-refractivity contribution is 6.34. The predicted octanol–water partition coefficient (Wildman–Crippen LogP) is 4.91. The van der Waals surface area contributed by atoms with Gasteiger partial charge in [-0.3, -0.25) is 4.79 Å². The first-order valence-corrected chi connectivity index (χ1v) is 13.8. The van der Waals surface area contributed by atoms with Crippen LogP contribution >= 0.6 is 23.2 Å². The summed E-state index contributed by atoms with van der Waals surface area (Å²) in [7, 11) is 5.29. The minimum absolute atomic E-state index is 0.0164. The van der Waals surface area contributed by atoms with Crippen LogP contribution in [0.4, 0.5) is 11.5 Å². The number of carboxylic acid groups (broad SMARTS) is 1. The molecular formula is C29H27Cl2N5O5. The number of aromatic carboxylic acids is 1. The maximum absolute atomic E-state index is 13.2. The molecule has 1 saturated carbocycles. The number of pyridine rings is 3. The standard InChI is InChI=1S/C29H27Cl2N5O5/c1-34(2)25-6-4-16(12-32-25)35-13-19(29(38)39)27(37)18-10-21(31)24(11-23(18)35)36-17(8-15-9-22(15)36)14-41-28-20(30)5-7-26(33-28)40-3/h4-7,10-13,15,17,22H,8-9,14H2,1-3H3,(H,38,39)/t15-,17+,22+/m0/s1. The highest BCUT2D eigenvalue weighted by Crippen LogP contribution is 2.51. The number of rotatable bonds is 8. The molecule has 12 heteroatoms. The Bertz CT molecular complexity index is 1730. The second kappa shape index (κ2) is 10.4. The van der Waals surface area contributed by atoms with Gasteiger partial charge in [-0.25, -0.2) is 9.78 Å². The third kappa shape index (κ3) is 4.91. The van der Waals surface area contributed by atoms with Crippen molar-refractivity contribution in [3.63, 3.8) is 0 Å². The Morgan fingerprint density at radius 3 is 2.63 bits per heavy atom. The number of anilines is 2. The van der Waals surface area contributed by atoms with Crippen LogP contribution in [0.3, 0.4) is 0 Å². The van der Waals surface area contributed by atoms with Crippen LogP contribution in [0.25, 0.3) is 16.6 Å². The number of nitrogens with zero attached hydrogens (tertiary/aromatic N) is 5. The summed E-state index contributed by atoms with van der Waals surface area (Å²) in [4.78, 5) is 38.1. The molecule has 212 valence electrons. The van der Waals surface area contributed by atoms with E-state index in [0.717, 1.165) is 24.3 Å². The Balaban J connectivity index is 1.42. The summed E-state index contributed by atoms with van der Waals surface area (Å²) in [5.41, 5.74) is 0.937. The van der Waals surface area contributed by atoms with E-state index in [2.05, 4.69) is 14.9 Å². The fourth-order valence-electron chi connectivity index (χ4n) is 5.56. The normalized spacial score (nSPS) is 19.2. The molecule has 10 nitrogen and oxygen atoms in total. The fourth-order valence-corrected chi connectivity index (χ4v) is 5.98. The van der Waals surface area contributed by atoms with E-state index in [9.17, 15) is 14.7 Å². The lowest BCUT2D eigenvalue weighted by atomic mass is 10.1. The number of halogens is 2. The van der Waals surface area contributed by atoms with Crippen molar-refractivity contribution in [2.24, 2.45) is 5.92 Å². The number of piperidine rings is 1. The van der Waals surface area contributed by atoms with Crippen LogP contribution in [0.5, 0.6) is 11.8 Å². The Kier molecular flexibility index (Phi) is 6.91. The number of carbonyl (C=O) groups is 1. The third-order valence-electron chi connectivity index (χ3n) is 7.67. The molecule has 0 spiro atoms. The highest BCUT2D eigenvalue weighted by Gasteiger charge is 2.52. The molecule has 6 rings (SSSR count). The average Bonchev–Trinajstić information content (AvgIpc) is 3.63. The molecule has 1 aliphatic heterocycles. The molecule has 0 unspecified atom stereocenters. The van der Waals surface area contributed by atoms with E-state index in [4.69, 9.17) is 32.7 Å². The van der Waals surface area contributed by atoms with Crippen LogP contribution in [0, 0.1) is 5.92 Å². The van der Waals surface area contributed by atoms with Crippen LogP contribution < -0.4 is 24.7 Å². The molecule has 1 aliphatic carbocycles. The fraction of sp³-hybridized carbons (Fsp3) is 0.310. The third-order valence-corrected chi connectivity index (χ3v) is 8.26. The first kappa shape index (κ1) is 27.2. The van der Waals surface area contributed by atoms with Crippen molar-refractivity contribution in [3.05, 3.63) is 74.6 Å². The monoisotopic (exact) mass is 595 g/mol. The quantitative estimate of drug-likeness (QED) is 0.304. The summed E-state index contributed by atoms with van der Waals surface area (Å²) in [5.74, 6) is 0.626. The van der Waals surface area contributed by atoms with E-state index < -0.39 is 11.4 Å². The number of aromatic nitrogens is 3. The van der Waals surface area contributed by atoms with Gasteiger partial charge in [0.1, 0.15) is 23.0 Å². The molecule has 0 amide bonds. The van der Waals surface area contributed by atoms with Crippen molar-refractivity contribution in [1.29, 1.82) is 0 Å². The number of hydrogen-bond donors (Lipinski definition) is 1. The molecule has 0 bridgehead atoms. The number of methoxy groups -OCH3 is 1. The minimum Gasteiger partial charge on any atom is -0.481 e. The van der Waals surface area contributed by atoms with Crippen molar-refractivity contribution < 1.29 is 19.4 Å². The topological polar surface area (TPSA) is 110 Å². The van der Waals surface area contributed by atoms with Gasteiger partial charge in [0.15, 0.2) is 0 Å². The van der Waals surface area contributed by atoms with Crippen molar-refractivity contribution in [2.75, 3.05) is 37.6 Å². The van der Waals surface area contributed by atoms with Crippen LogP contribution in [-0.4, -0.2) is 65.5 Å². The largest absolute Gasteiger partial charge is 0.481 e. The molecule has 3 atom stereocenters. The van der Waals surface area contributed by atoms with Gasteiger partial charge in [-0.1, -0.05) is 23.2 Å². The van der Waals surface area contributed by atoms with Crippen molar-refractivity contribution in [2.45, 2.75) is 24.9 Å². The second-order valence-corrected chi connectivity index (χ2v) is 11.3. The SMILES string of the molecule is COc1ccc(Cl)c(OC[C@H]2C[C@H]3C[C@H]3N2c2cc3c(cc2Cl)c(=O)c(C(=O)O)cn3-c2ccc(N(C)C)nc2)n1. The van der Waals surface area contributed by atoms with Gasteiger partial charge in [-0.05, 0) is 49.1 Å². The Hall–Kier alpha value is -4.02. The maximum atomic E-state index is 13.2. The molecule has 41 heavy (non-hydrogen) atoms. The molecule has 0 radical (unpaired) electrons. The van der Waals surface area contributed by atoms with Gasteiger partial charge >= 0.3 is 5.97 Å². The molecule has 2 aliphatic rings. The minimum atomic E-state index is -1.31. The number of benzene rings is 1. The maximum Gasteiger partial charge on any atom is 0.341 e. The average molecular weight is 596 g/mol. The van der Waals surface area contributed by atoms with E-state index in [0.29, 0.717) is 45.5 Å². The molecule has 4 heterocycles. The highest BCUT2D eigenvalue weighted by atomic mass is 35.5. The van der Waals surface area contributed by atoms with Crippen LogP contribution in [-0.2, 0) is 0 Å². The smallest absolute Gasteiger partial charge is 0.341 e. The zero-order valence-electron chi connectivity index (χ0n) is 22.5. The van der Waals surface area contributed by atoms with Gasteiger partial charge in [-0.2, -0.15) is 4.98 Å². The summed E-state index contributed by atoms with van der Waals surface area (Å²) < 4.78 is 12.9. The lowest BCUT2D eigenvalue weighted by Crippen LogP contribution is -2.37. The van der Waals surface area contributed by atoms with E-state index in [1.807, 2.05) is 37.2 Å². The summed E-state index contributed by atoms with van der Waals surface area (Å²) in [6.07, 6.45) is 4.93. The molecule has 4 aromatic rings. The molecule has 1 aromatic carbocycles. The zero-order valence-corrected chi connectivity index (χ0v) is 24.1. The Morgan fingerprint density at radius 1 is 1.15 bits per heavy atom. The van der Waals surface area contributed by atoms with Crippen LogP contribution in [0.2, 0.25) is 10.0 Å². The van der Waals surface area contributed by atoms with Crippen LogP contribution in [0.15, 0.2) is 53.6 Å². The Labute approximate surface area is 245 Å². The second-order valence-electron chi connectivity index (χ2n) is 10.4. The van der Waals surface area contributed by atoms with Gasteiger partial charge in [0.25, 0.3) is 0 Å². The molecule has 1 saturated heterocycles. The van der Waals surface area contributed by atoms with Gasteiger partial charge in [0.2, 0.25) is 17.2 Å². The molecule has 1 N–H and O–H groups in total.